The van der Waals surface area contributed by atoms with Crippen LogP contribution in [0.25, 0.3) is 10.9 Å². The molecule has 7 heteroatoms. The van der Waals surface area contributed by atoms with E-state index in [2.05, 4.69) is 5.32 Å². The highest BCUT2D eigenvalue weighted by Crippen LogP contribution is 2.29. The summed E-state index contributed by atoms with van der Waals surface area (Å²) in [6.45, 7) is 5.91. The number of nitrogens with zero attached hydrogens (tertiary/aromatic N) is 2. The molecule has 0 unspecified atom stereocenters. The Morgan fingerprint density at radius 2 is 2.00 bits per heavy atom. The molecule has 0 radical (unpaired) electrons. The standard InChI is InChI=1S/C18H21N3O4/c1-18(2,3)25-16(23)11-20-9-7-12-13(20)5-4-6-14(12)21-10-8-15(22)19-17(21)24/h4-7,9H,8,10-11H2,1-3H3,(H,19,22,24). The number of carbonyl (C=O) groups is 3. The van der Waals surface area contributed by atoms with E-state index in [-0.39, 0.29) is 24.8 Å². The highest BCUT2D eigenvalue weighted by Gasteiger charge is 2.26. The van der Waals surface area contributed by atoms with E-state index >= 15 is 0 Å². The van der Waals surface area contributed by atoms with E-state index in [1.807, 2.05) is 45.0 Å². The van der Waals surface area contributed by atoms with Crippen LogP contribution < -0.4 is 10.2 Å². The van der Waals surface area contributed by atoms with Crippen LogP contribution in [0, 0.1) is 0 Å². The number of benzene rings is 1. The lowest BCUT2D eigenvalue weighted by atomic mass is 10.1. The Morgan fingerprint density at radius 3 is 2.68 bits per heavy atom. The predicted molar refractivity (Wildman–Crippen MR) is 93.3 cm³/mol. The molecule has 2 heterocycles. The summed E-state index contributed by atoms with van der Waals surface area (Å²) in [6, 6.07) is 6.97. The van der Waals surface area contributed by atoms with Crippen molar-refractivity contribution >= 4 is 34.5 Å². The van der Waals surface area contributed by atoms with Gasteiger partial charge in [0.05, 0.1) is 11.2 Å². The summed E-state index contributed by atoms with van der Waals surface area (Å²) in [7, 11) is 0. The van der Waals surface area contributed by atoms with Crippen molar-refractivity contribution in [2.24, 2.45) is 0 Å². The van der Waals surface area contributed by atoms with Crippen molar-refractivity contribution in [2.45, 2.75) is 39.3 Å². The maximum atomic E-state index is 12.1. The Kier molecular flexibility index (Phi) is 4.24. The zero-order chi connectivity index (χ0) is 18.2. The smallest absolute Gasteiger partial charge is 0.328 e. The third kappa shape index (κ3) is 3.65. The zero-order valence-electron chi connectivity index (χ0n) is 14.5. The van der Waals surface area contributed by atoms with Crippen molar-refractivity contribution in [1.82, 2.24) is 9.88 Å². The van der Waals surface area contributed by atoms with Gasteiger partial charge in [-0.15, -0.1) is 0 Å². The largest absolute Gasteiger partial charge is 0.459 e. The quantitative estimate of drug-likeness (QED) is 0.868. The average molecular weight is 343 g/mol. The lowest BCUT2D eigenvalue weighted by Crippen LogP contribution is -2.49. The van der Waals surface area contributed by atoms with Gasteiger partial charge in [-0.05, 0) is 39.0 Å². The fourth-order valence-corrected chi connectivity index (χ4v) is 2.89. The van der Waals surface area contributed by atoms with E-state index in [0.717, 1.165) is 10.9 Å². The lowest BCUT2D eigenvalue weighted by molar-refractivity contribution is -0.155. The summed E-state index contributed by atoms with van der Waals surface area (Å²) < 4.78 is 7.16. The van der Waals surface area contributed by atoms with Gasteiger partial charge in [0.1, 0.15) is 12.1 Å². The fourth-order valence-electron chi connectivity index (χ4n) is 2.89. The molecule has 1 aromatic carbocycles. The molecule has 3 rings (SSSR count). The van der Waals surface area contributed by atoms with Gasteiger partial charge in [0.2, 0.25) is 5.91 Å². The maximum Gasteiger partial charge on any atom is 0.328 e. The van der Waals surface area contributed by atoms with Gasteiger partial charge < -0.3 is 9.30 Å². The minimum Gasteiger partial charge on any atom is -0.459 e. The van der Waals surface area contributed by atoms with Crippen LogP contribution in [0.5, 0.6) is 0 Å². The molecule has 0 saturated carbocycles. The number of nitrogens with one attached hydrogen (secondary N) is 1. The molecule has 0 atom stereocenters. The summed E-state index contributed by atoms with van der Waals surface area (Å²) >= 11 is 0. The second-order valence-corrected chi connectivity index (χ2v) is 6.99. The number of hydrogen-bond acceptors (Lipinski definition) is 4. The first kappa shape index (κ1) is 17.0. The number of fused-ring (bicyclic) bond motifs is 1. The van der Waals surface area contributed by atoms with Gasteiger partial charge in [-0.1, -0.05) is 6.07 Å². The molecule has 0 aliphatic carbocycles. The van der Waals surface area contributed by atoms with Crippen LogP contribution in [0.2, 0.25) is 0 Å². The molecule has 7 nitrogen and oxygen atoms in total. The van der Waals surface area contributed by atoms with Gasteiger partial charge in [-0.2, -0.15) is 0 Å². The maximum absolute atomic E-state index is 12.1. The molecule has 1 saturated heterocycles. The number of ether oxygens (including phenoxy) is 1. The first-order chi connectivity index (χ1) is 11.7. The molecule has 3 amide bonds. The van der Waals surface area contributed by atoms with E-state index in [1.54, 1.807) is 15.7 Å². The van der Waals surface area contributed by atoms with Gasteiger partial charge in [0.25, 0.3) is 0 Å². The number of hydrogen-bond donors (Lipinski definition) is 1. The van der Waals surface area contributed by atoms with Crippen LogP contribution in [0.15, 0.2) is 30.5 Å². The number of aromatic nitrogens is 1. The topological polar surface area (TPSA) is 80.6 Å². The molecular formula is C18H21N3O4. The SMILES string of the molecule is CC(C)(C)OC(=O)Cn1ccc2c(N3CCC(=O)NC3=O)cccc21. The third-order valence-corrected chi connectivity index (χ3v) is 3.85. The summed E-state index contributed by atoms with van der Waals surface area (Å²) in [6.07, 6.45) is 2.06. The number of esters is 1. The van der Waals surface area contributed by atoms with Gasteiger partial charge in [-0.3, -0.25) is 19.8 Å². The van der Waals surface area contributed by atoms with Crippen molar-refractivity contribution in [1.29, 1.82) is 0 Å². The Labute approximate surface area is 145 Å². The predicted octanol–water partition coefficient (Wildman–Crippen LogP) is 2.43. The monoisotopic (exact) mass is 343 g/mol. The molecule has 2 aromatic rings. The third-order valence-electron chi connectivity index (χ3n) is 3.85. The highest BCUT2D eigenvalue weighted by atomic mass is 16.6. The molecule has 1 aromatic heterocycles. The number of anilines is 1. The normalized spacial score (nSPS) is 15.4. The molecule has 1 aliphatic rings. The molecule has 0 bridgehead atoms. The molecule has 1 aliphatic heterocycles. The number of urea groups is 1. The summed E-state index contributed by atoms with van der Waals surface area (Å²) in [5.74, 6) is -0.590. The average Bonchev–Trinajstić information content (AvgIpc) is 2.89. The second-order valence-electron chi connectivity index (χ2n) is 6.99. The zero-order valence-corrected chi connectivity index (χ0v) is 14.5. The van der Waals surface area contributed by atoms with Crippen molar-refractivity contribution in [3.8, 4) is 0 Å². The van der Waals surface area contributed by atoms with Gasteiger partial charge >= 0.3 is 12.0 Å². The van der Waals surface area contributed by atoms with Crippen molar-refractivity contribution in [2.75, 3.05) is 11.4 Å². The Hall–Kier alpha value is -2.83. The van der Waals surface area contributed by atoms with E-state index in [9.17, 15) is 14.4 Å². The minimum absolute atomic E-state index is 0.0922. The highest BCUT2D eigenvalue weighted by molar-refractivity contribution is 6.09. The van der Waals surface area contributed by atoms with Gasteiger partial charge in [0.15, 0.2) is 0 Å². The Balaban J connectivity index is 1.89. The van der Waals surface area contributed by atoms with Gasteiger partial charge in [-0.25, -0.2) is 4.79 Å². The molecule has 0 spiro atoms. The number of rotatable bonds is 3. The summed E-state index contributed by atoms with van der Waals surface area (Å²) in [5, 5.41) is 3.17. The number of imide groups is 1. The van der Waals surface area contributed by atoms with Crippen LogP contribution in [0.1, 0.15) is 27.2 Å². The van der Waals surface area contributed by atoms with E-state index < -0.39 is 11.6 Å². The number of carbonyl (C=O) groups excluding carboxylic acids is 3. The van der Waals surface area contributed by atoms with Crippen LogP contribution >= 0.6 is 0 Å². The van der Waals surface area contributed by atoms with Crippen molar-refractivity contribution in [3.63, 3.8) is 0 Å². The molecule has 1 fully saturated rings. The summed E-state index contributed by atoms with van der Waals surface area (Å²) in [5.41, 5.74) is 1.00. The Bertz CT molecular complexity index is 848. The molecule has 132 valence electrons. The van der Waals surface area contributed by atoms with Crippen molar-refractivity contribution < 1.29 is 19.1 Å². The van der Waals surface area contributed by atoms with Crippen LogP contribution in [0.3, 0.4) is 0 Å². The fraction of sp³-hybridized carbons (Fsp3) is 0.389. The molecule has 25 heavy (non-hydrogen) atoms. The lowest BCUT2D eigenvalue weighted by Gasteiger charge is -2.27. The van der Waals surface area contributed by atoms with Crippen LogP contribution in [-0.4, -0.2) is 34.6 Å². The summed E-state index contributed by atoms with van der Waals surface area (Å²) in [4.78, 5) is 37.1. The first-order valence-corrected chi connectivity index (χ1v) is 8.16. The van der Waals surface area contributed by atoms with Crippen molar-refractivity contribution in [3.05, 3.63) is 30.5 Å². The van der Waals surface area contributed by atoms with Crippen LogP contribution in [-0.2, 0) is 20.9 Å². The molecule has 1 N–H and O–H groups in total. The Morgan fingerprint density at radius 1 is 1.24 bits per heavy atom. The first-order valence-electron chi connectivity index (χ1n) is 8.16. The molecular weight excluding hydrogens is 322 g/mol. The van der Waals surface area contributed by atoms with E-state index in [0.29, 0.717) is 12.2 Å². The van der Waals surface area contributed by atoms with Crippen LogP contribution in [0.4, 0.5) is 10.5 Å². The van der Waals surface area contributed by atoms with E-state index in [4.69, 9.17) is 4.74 Å². The number of amides is 3. The second kappa shape index (κ2) is 6.23. The van der Waals surface area contributed by atoms with E-state index in [1.165, 1.54) is 0 Å². The minimum atomic E-state index is -0.538. The van der Waals surface area contributed by atoms with Gasteiger partial charge in [0, 0.05) is 24.5 Å².